The number of rotatable bonds is 10. The average molecular weight is 260 g/mol. The summed E-state index contributed by atoms with van der Waals surface area (Å²) >= 11 is 0. The van der Waals surface area contributed by atoms with Gasteiger partial charge in [-0.1, -0.05) is 12.2 Å². The Kier molecular flexibility index (Phi) is 9.01. The zero-order valence-electron chi connectivity index (χ0n) is 10.7. The fourth-order valence-electron chi connectivity index (χ4n) is 1.22. The van der Waals surface area contributed by atoms with E-state index in [1.54, 1.807) is 20.5 Å². The van der Waals surface area contributed by atoms with E-state index in [0.29, 0.717) is 12.5 Å². The first-order chi connectivity index (χ1) is 8.10. The molecule has 0 heterocycles. The lowest BCUT2D eigenvalue weighted by molar-refractivity contribution is 0.139. The van der Waals surface area contributed by atoms with Crippen molar-refractivity contribution in [3.8, 4) is 0 Å². The molecular formula is C11H24N2O3Si. The van der Waals surface area contributed by atoms with Crippen LogP contribution in [0.1, 0.15) is 19.3 Å². The maximum atomic E-state index is 5.59. The Morgan fingerprint density at radius 3 is 2.35 bits per heavy atom. The zero-order chi connectivity index (χ0) is 13.1. The van der Waals surface area contributed by atoms with E-state index in [1.807, 2.05) is 12.2 Å². The molecule has 0 aromatic carbocycles. The summed E-state index contributed by atoms with van der Waals surface area (Å²) in [5, 5.41) is 0. The Morgan fingerprint density at radius 2 is 1.88 bits per heavy atom. The first-order valence-corrected chi connectivity index (χ1v) is 7.58. The van der Waals surface area contributed by atoms with Crippen molar-refractivity contribution in [1.29, 1.82) is 0 Å². The summed E-state index contributed by atoms with van der Waals surface area (Å²) < 4.78 is 16.3. The van der Waals surface area contributed by atoms with Crippen molar-refractivity contribution >= 4 is 8.80 Å². The van der Waals surface area contributed by atoms with Gasteiger partial charge in [0.25, 0.3) is 0 Å². The van der Waals surface area contributed by atoms with E-state index < -0.39 is 8.80 Å². The van der Waals surface area contributed by atoms with Crippen molar-refractivity contribution < 1.29 is 13.3 Å². The zero-order valence-corrected chi connectivity index (χ0v) is 11.7. The molecule has 5 nitrogen and oxygen atoms in total. The van der Waals surface area contributed by atoms with Gasteiger partial charge in [0.15, 0.2) is 0 Å². The van der Waals surface area contributed by atoms with E-state index in [4.69, 9.17) is 24.7 Å². The molecule has 0 aromatic heterocycles. The van der Waals surface area contributed by atoms with Gasteiger partial charge in [-0.25, -0.2) is 0 Å². The van der Waals surface area contributed by atoms with Crippen LogP contribution in [0, 0.1) is 0 Å². The van der Waals surface area contributed by atoms with Crippen molar-refractivity contribution in [2.45, 2.75) is 31.5 Å². The van der Waals surface area contributed by atoms with Crippen LogP contribution in [0.4, 0.5) is 0 Å². The van der Waals surface area contributed by atoms with Gasteiger partial charge < -0.3 is 24.7 Å². The molecule has 0 aliphatic heterocycles. The molecule has 0 saturated heterocycles. The molecule has 0 amide bonds. The van der Waals surface area contributed by atoms with Gasteiger partial charge >= 0.3 is 8.80 Å². The summed E-state index contributed by atoms with van der Waals surface area (Å²) in [4.78, 5) is 0. The second kappa shape index (κ2) is 9.38. The Hall–Kier alpha value is -0.663. The van der Waals surface area contributed by atoms with Crippen LogP contribution in [0.25, 0.3) is 0 Å². The lowest BCUT2D eigenvalue weighted by Gasteiger charge is -2.25. The molecule has 0 radical (unpaired) electrons. The molecule has 6 heteroatoms. The highest BCUT2D eigenvalue weighted by atomic mass is 28.4. The van der Waals surface area contributed by atoms with Crippen molar-refractivity contribution in [1.82, 2.24) is 0 Å². The maximum absolute atomic E-state index is 5.59. The monoisotopic (exact) mass is 260 g/mol. The Balaban J connectivity index is 4.19. The molecule has 0 bridgehead atoms. The first-order valence-electron chi connectivity index (χ1n) is 5.65. The number of unbranched alkanes of at least 4 members (excludes halogenated alkanes) is 1. The van der Waals surface area contributed by atoms with E-state index >= 15 is 0 Å². The molecule has 0 aliphatic rings. The highest BCUT2D eigenvalue weighted by Crippen LogP contribution is 2.16. The Labute approximate surface area is 105 Å². The molecule has 17 heavy (non-hydrogen) atoms. The molecule has 0 aromatic rings. The number of hydrogen-bond donors (Lipinski definition) is 2. The van der Waals surface area contributed by atoms with Crippen molar-refractivity contribution in [3.63, 3.8) is 0 Å². The number of nitrogens with two attached hydrogens (primary N) is 2. The summed E-state index contributed by atoms with van der Waals surface area (Å²) in [6.07, 6.45) is 7.44. The topological polar surface area (TPSA) is 79.7 Å². The fraction of sp³-hybridized carbons (Fsp3) is 0.636. The third-order valence-electron chi connectivity index (χ3n) is 2.29. The van der Waals surface area contributed by atoms with Crippen LogP contribution in [-0.4, -0.2) is 29.2 Å². The van der Waals surface area contributed by atoms with E-state index in [1.165, 1.54) is 0 Å². The third-order valence-corrected chi connectivity index (χ3v) is 4.93. The summed E-state index contributed by atoms with van der Waals surface area (Å²) in [5.41, 5.74) is 11.0. The molecule has 0 fully saturated rings. The first kappa shape index (κ1) is 16.3. The molecule has 0 rings (SSSR count). The average Bonchev–Trinajstić information content (AvgIpc) is 2.33. The lowest BCUT2D eigenvalue weighted by Crippen LogP contribution is -2.44. The minimum atomic E-state index is -2.64. The van der Waals surface area contributed by atoms with Crippen LogP contribution in [0.3, 0.4) is 0 Å². The fourth-order valence-corrected chi connectivity index (χ4v) is 3.10. The normalized spacial score (nSPS) is 12.3. The van der Waals surface area contributed by atoms with Crippen LogP contribution >= 0.6 is 0 Å². The van der Waals surface area contributed by atoms with Gasteiger partial charge in [0.2, 0.25) is 0 Å². The van der Waals surface area contributed by atoms with Gasteiger partial charge in [-0.3, -0.25) is 0 Å². The Bertz CT molecular complexity index is 231. The SMILES string of the molecule is C=CCCC=CO[Si](CCC(N)N)(OC)OC. The summed E-state index contributed by atoms with van der Waals surface area (Å²) in [6, 6.07) is 0.601. The molecule has 0 aliphatic carbocycles. The molecular weight excluding hydrogens is 236 g/mol. The summed E-state index contributed by atoms with van der Waals surface area (Å²) in [5.74, 6) is 0. The second-order valence-corrected chi connectivity index (χ2v) is 6.57. The smallest absolute Gasteiger partial charge is 0.508 e. The van der Waals surface area contributed by atoms with Gasteiger partial charge in [-0.15, -0.1) is 6.58 Å². The summed E-state index contributed by atoms with van der Waals surface area (Å²) in [7, 11) is 0.518. The van der Waals surface area contributed by atoms with E-state index in [0.717, 1.165) is 12.8 Å². The highest BCUT2D eigenvalue weighted by molar-refractivity contribution is 6.60. The molecule has 0 spiro atoms. The predicted molar refractivity (Wildman–Crippen MR) is 71.0 cm³/mol. The van der Waals surface area contributed by atoms with E-state index in [-0.39, 0.29) is 6.17 Å². The largest absolute Gasteiger partial charge is 0.565 e. The lowest BCUT2D eigenvalue weighted by atomic mass is 10.3. The van der Waals surface area contributed by atoms with Crippen molar-refractivity contribution in [2.75, 3.05) is 14.2 Å². The molecule has 4 N–H and O–H groups in total. The third kappa shape index (κ3) is 7.30. The van der Waals surface area contributed by atoms with Crippen LogP contribution < -0.4 is 11.5 Å². The van der Waals surface area contributed by atoms with Crippen LogP contribution in [-0.2, 0) is 13.3 Å². The van der Waals surface area contributed by atoms with Crippen LogP contribution in [0.2, 0.25) is 6.04 Å². The van der Waals surface area contributed by atoms with Gasteiger partial charge in [0, 0.05) is 20.3 Å². The Morgan fingerprint density at radius 1 is 1.24 bits per heavy atom. The molecule has 0 atom stereocenters. The van der Waals surface area contributed by atoms with Crippen molar-refractivity contribution in [2.24, 2.45) is 11.5 Å². The second-order valence-electron chi connectivity index (χ2n) is 3.65. The van der Waals surface area contributed by atoms with Gasteiger partial charge in [0.05, 0.1) is 12.4 Å². The highest BCUT2D eigenvalue weighted by Gasteiger charge is 2.40. The van der Waals surface area contributed by atoms with Crippen molar-refractivity contribution in [3.05, 3.63) is 25.0 Å². The van der Waals surface area contributed by atoms with E-state index in [2.05, 4.69) is 6.58 Å². The minimum Gasteiger partial charge on any atom is -0.508 e. The van der Waals surface area contributed by atoms with E-state index in [9.17, 15) is 0 Å². The van der Waals surface area contributed by atoms with Gasteiger partial charge in [-0.05, 0) is 19.3 Å². The minimum absolute atomic E-state index is 0.375. The van der Waals surface area contributed by atoms with Gasteiger partial charge in [0.1, 0.15) is 0 Å². The van der Waals surface area contributed by atoms with Crippen LogP contribution in [0.5, 0.6) is 0 Å². The maximum Gasteiger partial charge on any atom is 0.565 e. The number of hydrogen-bond acceptors (Lipinski definition) is 5. The predicted octanol–water partition coefficient (Wildman–Crippen LogP) is 1.35. The van der Waals surface area contributed by atoms with Crippen LogP contribution in [0.15, 0.2) is 25.0 Å². The summed E-state index contributed by atoms with van der Waals surface area (Å²) in [6.45, 7) is 3.65. The van der Waals surface area contributed by atoms with Gasteiger partial charge in [-0.2, -0.15) is 0 Å². The molecule has 100 valence electrons. The standard InChI is InChI=1S/C11H24N2O3Si/c1-4-5-6-7-9-16-17(14-2,15-3)10-8-11(12)13/h4,7,9,11H,1,5-6,8,10,12-13H2,2-3H3. The molecule has 0 unspecified atom stereocenters. The quantitative estimate of drug-likeness (QED) is 0.204. The molecule has 0 saturated carbocycles. The number of allylic oxidation sites excluding steroid dienone is 2.